The minimum atomic E-state index is -0.443. The molecule has 0 aliphatic rings. The first kappa shape index (κ1) is 9.71. The van der Waals surface area contributed by atoms with Crippen molar-refractivity contribution in [1.82, 2.24) is 5.16 Å². The van der Waals surface area contributed by atoms with Gasteiger partial charge >= 0.3 is 5.97 Å². The van der Waals surface area contributed by atoms with Gasteiger partial charge in [0.2, 0.25) is 0 Å². The number of ether oxygens (including phenoxy) is 1. The summed E-state index contributed by atoms with van der Waals surface area (Å²) in [6, 6.07) is 5.56. The molecule has 0 fully saturated rings. The number of nitrogens with zero attached hydrogens (tertiary/aromatic N) is 1. The van der Waals surface area contributed by atoms with Crippen LogP contribution in [-0.2, 0) is 4.74 Å². The molecule has 1 aromatic heterocycles. The highest BCUT2D eigenvalue weighted by Crippen LogP contribution is 2.20. The molecule has 2 aromatic rings. The van der Waals surface area contributed by atoms with Crippen LogP contribution in [-0.4, -0.2) is 17.7 Å². The smallest absolute Gasteiger partial charge is 0.361 e. The first-order valence-electron chi connectivity index (χ1n) is 4.75. The van der Waals surface area contributed by atoms with Crippen molar-refractivity contribution in [2.24, 2.45) is 0 Å². The SMILES string of the molecule is CCOC(=O)c1noc2ccc(C)cc12. The normalized spacial score (nSPS) is 10.5. The van der Waals surface area contributed by atoms with Gasteiger partial charge in [-0.1, -0.05) is 16.8 Å². The average Bonchev–Trinajstić information content (AvgIpc) is 2.60. The maximum absolute atomic E-state index is 11.5. The van der Waals surface area contributed by atoms with E-state index < -0.39 is 5.97 Å². The van der Waals surface area contributed by atoms with Crippen LogP contribution in [0.25, 0.3) is 11.0 Å². The summed E-state index contributed by atoms with van der Waals surface area (Å²) in [5.41, 5.74) is 1.90. The van der Waals surface area contributed by atoms with Gasteiger partial charge in [-0.25, -0.2) is 4.79 Å². The summed E-state index contributed by atoms with van der Waals surface area (Å²) in [5.74, 6) is -0.443. The molecule has 78 valence electrons. The van der Waals surface area contributed by atoms with E-state index in [-0.39, 0.29) is 5.69 Å². The number of fused-ring (bicyclic) bond motifs is 1. The molecule has 0 amide bonds. The zero-order valence-electron chi connectivity index (χ0n) is 8.61. The number of esters is 1. The van der Waals surface area contributed by atoms with Gasteiger partial charge in [0.25, 0.3) is 0 Å². The van der Waals surface area contributed by atoms with Crippen LogP contribution in [0.15, 0.2) is 22.7 Å². The largest absolute Gasteiger partial charge is 0.461 e. The summed E-state index contributed by atoms with van der Waals surface area (Å²) in [5, 5.41) is 4.41. The first-order valence-corrected chi connectivity index (χ1v) is 4.75. The quantitative estimate of drug-likeness (QED) is 0.706. The molecule has 4 heteroatoms. The van der Waals surface area contributed by atoms with Crippen molar-refractivity contribution < 1.29 is 14.1 Å². The molecule has 4 nitrogen and oxygen atoms in total. The van der Waals surface area contributed by atoms with Crippen LogP contribution >= 0.6 is 0 Å². The summed E-state index contributed by atoms with van der Waals surface area (Å²) in [7, 11) is 0. The Morgan fingerprint density at radius 1 is 1.53 bits per heavy atom. The lowest BCUT2D eigenvalue weighted by Gasteiger charge is -1.97. The summed E-state index contributed by atoms with van der Waals surface area (Å²) in [6.45, 7) is 4.03. The van der Waals surface area contributed by atoms with Gasteiger partial charge in [-0.2, -0.15) is 0 Å². The molecule has 0 atom stereocenters. The van der Waals surface area contributed by atoms with Gasteiger partial charge in [-0.05, 0) is 26.0 Å². The van der Waals surface area contributed by atoms with Crippen LogP contribution in [0.4, 0.5) is 0 Å². The van der Waals surface area contributed by atoms with Crippen molar-refractivity contribution in [3.8, 4) is 0 Å². The van der Waals surface area contributed by atoms with Gasteiger partial charge in [0, 0.05) is 0 Å². The van der Waals surface area contributed by atoms with Gasteiger partial charge in [-0.3, -0.25) is 0 Å². The van der Waals surface area contributed by atoms with Crippen molar-refractivity contribution in [2.75, 3.05) is 6.61 Å². The lowest BCUT2D eigenvalue weighted by Crippen LogP contribution is -2.05. The third-order valence-corrected chi connectivity index (χ3v) is 2.09. The molecule has 15 heavy (non-hydrogen) atoms. The van der Waals surface area contributed by atoms with E-state index in [1.165, 1.54) is 0 Å². The molecule has 0 aliphatic heterocycles. The Labute approximate surface area is 86.8 Å². The molecule has 0 saturated carbocycles. The van der Waals surface area contributed by atoms with Gasteiger partial charge < -0.3 is 9.26 Å². The molecule has 0 bridgehead atoms. The Morgan fingerprint density at radius 2 is 2.33 bits per heavy atom. The number of aryl methyl sites for hydroxylation is 1. The average molecular weight is 205 g/mol. The number of rotatable bonds is 2. The van der Waals surface area contributed by atoms with Gasteiger partial charge in [0.15, 0.2) is 11.3 Å². The third kappa shape index (κ3) is 1.70. The fourth-order valence-corrected chi connectivity index (χ4v) is 1.40. The van der Waals surface area contributed by atoms with Crippen LogP contribution in [0.3, 0.4) is 0 Å². The highest BCUT2D eigenvalue weighted by molar-refractivity contribution is 6.01. The highest BCUT2D eigenvalue weighted by Gasteiger charge is 2.16. The predicted molar refractivity (Wildman–Crippen MR) is 54.7 cm³/mol. The number of carbonyl (C=O) groups is 1. The second-order valence-electron chi connectivity index (χ2n) is 3.25. The topological polar surface area (TPSA) is 52.3 Å². The van der Waals surface area contributed by atoms with Crippen LogP contribution in [0.2, 0.25) is 0 Å². The molecular formula is C11H11NO3. The molecule has 0 spiro atoms. The molecule has 0 N–H and O–H groups in total. The zero-order chi connectivity index (χ0) is 10.8. The lowest BCUT2D eigenvalue weighted by atomic mass is 10.1. The Balaban J connectivity index is 2.52. The summed E-state index contributed by atoms with van der Waals surface area (Å²) < 4.78 is 9.89. The van der Waals surface area contributed by atoms with Crippen molar-refractivity contribution in [1.29, 1.82) is 0 Å². The van der Waals surface area contributed by atoms with E-state index in [0.29, 0.717) is 17.6 Å². The van der Waals surface area contributed by atoms with Crippen LogP contribution in [0, 0.1) is 6.92 Å². The Morgan fingerprint density at radius 3 is 3.07 bits per heavy atom. The fraction of sp³-hybridized carbons (Fsp3) is 0.273. The molecule has 0 saturated heterocycles. The summed E-state index contributed by atoms with van der Waals surface area (Å²) in [6.07, 6.45) is 0. The van der Waals surface area contributed by atoms with Crippen LogP contribution in [0.5, 0.6) is 0 Å². The van der Waals surface area contributed by atoms with E-state index in [9.17, 15) is 4.79 Å². The second kappa shape index (κ2) is 3.73. The van der Waals surface area contributed by atoms with Gasteiger partial charge in [0.05, 0.1) is 12.0 Å². The standard InChI is InChI=1S/C11H11NO3/c1-3-14-11(13)10-8-6-7(2)4-5-9(8)15-12-10/h4-6H,3H2,1-2H3. The van der Waals surface area contributed by atoms with Crippen molar-refractivity contribution in [2.45, 2.75) is 13.8 Å². The third-order valence-electron chi connectivity index (χ3n) is 2.09. The maximum Gasteiger partial charge on any atom is 0.361 e. The van der Waals surface area contributed by atoms with E-state index >= 15 is 0 Å². The first-order chi connectivity index (χ1) is 7.22. The van der Waals surface area contributed by atoms with E-state index in [1.54, 1.807) is 13.0 Å². The molecule has 1 heterocycles. The van der Waals surface area contributed by atoms with Crippen LogP contribution in [0.1, 0.15) is 23.0 Å². The Bertz CT molecular complexity index is 502. The Hall–Kier alpha value is -1.84. The number of hydrogen-bond donors (Lipinski definition) is 0. The van der Waals surface area contributed by atoms with Crippen molar-refractivity contribution in [3.63, 3.8) is 0 Å². The number of benzene rings is 1. The Kier molecular flexibility index (Phi) is 2.41. The fourth-order valence-electron chi connectivity index (χ4n) is 1.40. The lowest BCUT2D eigenvalue weighted by molar-refractivity contribution is 0.0517. The summed E-state index contributed by atoms with van der Waals surface area (Å²) >= 11 is 0. The molecule has 0 aliphatic carbocycles. The van der Waals surface area contributed by atoms with E-state index in [1.807, 2.05) is 19.1 Å². The van der Waals surface area contributed by atoms with Crippen molar-refractivity contribution in [3.05, 3.63) is 29.5 Å². The molecule has 2 rings (SSSR count). The predicted octanol–water partition coefficient (Wildman–Crippen LogP) is 2.31. The molecule has 0 unspecified atom stereocenters. The second-order valence-corrected chi connectivity index (χ2v) is 3.25. The highest BCUT2D eigenvalue weighted by atomic mass is 16.5. The summed E-state index contributed by atoms with van der Waals surface area (Å²) in [4.78, 5) is 11.5. The molecule has 1 aromatic carbocycles. The minimum absolute atomic E-state index is 0.246. The van der Waals surface area contributed by atoms with Crippen LogP contribution < -0.4 is 0 Å². The van der Waals surface area contributed by atoms with Crippen molar-refractivity contribution >= 4 is 16.9 Å². The van der Waals surface area contributed by atoms with E-state index in [2.05, 4.69) is 5.16 Å². The maximum atomic E-state index is 11.5. The van der Waals surface area contributed by atoms with E-state index in [4.69, 9.17) is 9.26 Å². The monoisotopic (exact) mass is 205 g/mol. The molecule has 0 radical (unpaired) electrons. The number of hydrogen-bond acceptors (Lipinski definition) is 4. The zero-order valence-corrected chi connectivity index (χ0v) is 8.61. The minimum Gasteiger partial charge on any atom is -0.461 e. The molecular weight excluding hydrogens is 194 g/mol. The number of carbonyl (C=O) groups excluding carboxylic acids is 1. The van der Waals surface area contributed by atoms with Gasteiger partial charge in [-0.15, -0.1) is 0 Å². The van der Waals surface area contributed by atoms with E-state index in [0.717, 1.165) is 5.56 Å². The van der Waals surface area contributed by atoms with Gasteiger partial charge in [0.1, 0.15) is 0 Å². The number of aromatic nitrogens is 1.